The topological polar surface area (TPSA) is 50.8 Å². The van der Waals surface area contributed by atoms with Crippen molar-refractivity contribution in [3.05, 3.63) is 54.1 Å². The number of allylic oxidation sites excluding steroid dienone is 1. The predicted octanol–water partition coefficient (Wildman–Crippen LogP) is 5.73. The van der Waals surface area contributed by atoms with Gasteiger partial charge in [-0.3, -0.25) is 4.79 Å². The van der Waals surface area contributed by atoms with E-state index in [1.54, 1.807) is 0 Å². The minimum absolute atomic E-state index is 0.131. The normalized spacial score (nSPS) is 17.1. The lowest BCUT2D eigenvalue weighted by molar-refractivity contribution is -0.140. The molecule has 0 amide bonds. The lowest BCUT2D eigenvalue weighted by atomic mass is 10.0. The summed E-state index contributed by atoms with van der Waals surface area (Å²) in [5.74, 6) is 0.793. The van der Waals surface area contributed by atoms with Crippen molar-refractivity contribution in [2.24, 2.45) is 0 Å². The van der Waals surface area contributed by atoms with Gasteiger partial charge in [-0.25, -0.2) is 0 Å². The summed E-state index contributed by atoms with van der Waals surface area (Å²) in [6.45, 7) is 7.19. The lowest BCUT2D eigenvalue weighted by Crippen LogP contribution is -2.39. The molecule has 186 valence electrons. The zero-order chi connectivity index (χ0) is 24.0. The van der Waals surface area contributed by atoms with E-state index in [0.717, 1.165) is 49.5 Å². The minimum Gasteiger partial charge on any atom is -0.489 e. The Morgan fingerprint density at radius 3 is 2.82 bits per heavy atom. The number of methoxy groups -OCH3 is 1. The standard InChI is InChI=1S/C29H42N2O3/c1-24-12-8-9-20-31(24)21-11-19-30-22-25(13-4-3-5-18-29(32)33-2)23-34-28-17-10-15-26-14-6-7-16-27(26)28/h6-7,10,13-17,24,30H,3-5,8-9,11-12,18-23H2,1-2H3/b25-13-. The molecule has 2 aromatic rings. The molecule has 5 heteroatoms. The van der Waals surface area contributed by atoms with Gasteiger partial charge in [0.05, 0.1) is 7.11 Å². The number of piperidine rings is 1. The minimum atomic E-state index is -0.131. The second-order valence-electron chi connectivity index (χ2n) is 9.36. The van der Waals surface area contributed by atoms with Crippen LogP contribution in [-0.4, -0.2) is 56.8 Å². The van der Waals surface area contributed by atoms with Gasteiger partial charge in [-0.05, 0) is 82.1 Å². The van der Waals surface area contributed by atoms with Gasteiger partial charge in [-0.2, -0.15) is 0 Å². The first-order valence-corrected chi connectivity index (χ1v) is 13.0. The number of hydrogen-bond acceptors (Lipinski definition) is 5. The summed E-state index contributed by atoms with van der Waals surface area (Å²) in [6, 6.07) is 15.3. The van der Waals surface area contributed by atoms with Gasteiger partial charge in [-0.1, -0.05) is 48.9 Å². The number of fused-ring (bicyclic) bond motifs is 1. The maximum Gasteiger partial charge on any atom is 0.305 e. The molecule has 1 heterocycles. The van der Waals surface area contributed by atoms with Crippen molar-refractivity contribution in [1.82, 2.24) is 10.2 Å². The number of hydrogen-bond donors (Lipinski definition) is 1. The molecule has 1 saturated heterocycles. The highest BCUT2D eigenvalue weighted by atomic mass is 16.5. The van der Waals surface area contributed by atoms with Gasteiger partial charge in [0.25, 0.3) is 0 Å². The molecule has 0 aliphatic carbocycles. The number of ether oxygens (including phenoxy) is 2. The zero-order valence-electron chi connectivity index (χ0n) is 21.1. The van der Waals surface area contributed by atoms with Crippen LogP contribution in [0.25, 0.3) is 10.8 Å². The number of carbonyl (C=O) groups excluding carboxylic acids is 1. The van der Waals surface area contributed by atoms with E-state index in [0.29, 0.717) is 13.0 Å². The van der Waals surface area contributed by atoms with Gasteiger partial charge in [0.2, 0.25) is 0 Å². The number of rotatable bonds is 14. The van der Waals surface area contributed by atoms with E-state index in [-0.39, 0.29) is 5.97 Å². The van der Waals surface area contributed by atoms with Crippen LogP contribution >= 0.6 is 0 Å². The van der Waals surface area contributed by atoms with Crippen LogP contribution < -0.4 is 10.1 Å². The van der Waals surface area contributed by atoms with Crippen molar-refractivity contribution < 1.29 is 14.3 Å². The molecule has 1 N–H and O–H groups in total. The summed E-state index contributed by atoms with van der Waals surface area (Å²) >= 11 is 0. The maximum atomic E-state index is 11.3. The largest absolute Gasteiger partial charge is 0.489 e. The Morgan fingerprint density at radius 2 is 1.97 bits per heavy atom. The lowest BCUT2D eigenvalue weighted by Gasteiger charge is -2.33. The van der Waals surface area contributed by atoms with E-state index in [1.807, 2.05) is 12.1 Å². The molecule has 1 aliphatic rings. The van der Waals surface area contributed by atoms with Crippen LogP contribution in [0, 0.1) is 0 Å². The van der Waals surface area contributed by atoms with Gasteiger partial charge in [-0.15, -0.1) is 0 Å². The van der Waals surface area contributed by atoms with Crippen LogP contribution in [0.5, 0.6) is 5.75 Å². The number of nitrogens with zero attached hydrogens (tertiary/aromatic N) is 1. The molecule has 0 radical (unpaired) electrons. The van der Waals surface area contributed by atoms with Gasteiger partial charge in [0.15, 0.2) is 0 Å². The monoisotopic (exact) mass is 466 g/mol. The van der Waals surface area contributed by atoms with Gasteiger partial charge in [0.1, 0.15) is 12.4 Å². The van der Waals surface area contributed by atoms with Crippen molar-refractivity contribution in [2.45, 2.75) is 64.3 Å². The highest BCUT2D eigenvalue weighted by Gasteiger charge is 2.17. The number of carbonyl (C=O) groups is 1. The molecule has 2 aromatic carbocycles. The average molecular weight is 467 g/mol. The van der Waals surface area contributed by atoms with Crippen LogP contribution in [0.2, 0.25) is 0 Å². The van der Waals surface area contributed by atoms with E-state index in [2.05, 4.69) is 53.5 Å². The third kappa shape index (κ3) is 8.77. The number of esters is 1. The van der Waals surface area contributed by atoms with E-state index in [9.17, 15) is 4.79 Å². The quantitative estimate of drug-likeness (QED) is 0.219. The average Bonchev–Trinajstić information content (AvgIpc) is 2.87. The first kappa shape index (κ1) is 26.2. The number of nitrogens with one attached hydrogen (secondary N) is 1. The van der Waals surface area contributed by atoms with E-state index in [4.69, 9.17) is 9.47 Å². The molecule has 0 bridgehead atoms. The van der Waals surface area contributed by atoms with Crippen LogP contribution in [0.1, 0.15) is 58.3 Å². The summed E-state index contributed by atoms with van der Waals surface area (Å²) in [5.41, 5.74) is 1.26. The summed E-state index contributed by atoms with van der Waals surface area (Å²) in [6.07, 6.45) is 10.7. The number of unbranched alkanes of at least 4 members (excludes halogenated alkanes) is 2. The molecule has 5 nitrogen and oxygen atoms in total. The molecule has 0 spiro atoms. The first-order chi connectivity index (χ1) is 16.7. The van der Waals surface area contributed by atoms with E-state index >= 15 is 0 Å². The van der Waals surface area contributed by atoms with Crippen molar-refractivity contribution in [2.75, 3.05) is 39.9 Å². The molecule has 0 aromatic heterocycles. The first-order valence-electron chi connectivity index (χ1n) is 13.0. The molecular weight excluding hydrogens is 424 g/mol. The van der Waals surface area contributed by atoms with Crippen LogP contribution in [-0.2, 0) is 9.53 Å². The Morgan fingerprint density at radius 1 is 1.12 bits per heavy atom. The summed E-state index contributed by atoms with van der Waals surface area (Å²) in [4.78, 5) is 14.0. The highest BCUT2D eigenvalue weighted by Crippen LogP contribution is 2.25. The molecule has 1 aliphatic heterocycles. The maximum absolute atomic E-state index is 11.3. The van der Waals surface area contributed by atoms with Gasteiger partial charge >= 0.3 is 5.97 Å². The number of benzene rings is 2. The fourth-order valence-corrected chi connectivity index (χ4v) is 4.64. The Labute approximate surface area is 205 Å². The second kappa shape index (κ2) is 14.8. The van der Waals surface area contributed by atoms with Gasteiger partial charge in [0, 0.05) is 24.4 Å². The Kier molecular flexibility index (Phi) is 11.4. The van der Waals surface area contributed by atoms with Crippen molar-refractivity contribution >= 4 is 16.7 Å². The molecule has 34 heavy (non-hydrogen) atoms. The van der Waals surface area contributed by atoms with Crippen LogP contribution in [0.4, 0.5) is 0 Å². The summed E-state index contributed by atoms with van der Waals surface area (Å²) < 4.78 is 11.0. The summed E-state index contributed by atoms with van der Waals surface area (Å²) in [5, 5.41) is 5.97. The van der Waals surface area contributed by atoms with Gasteiger partial charge < -0.3 is 19.7 Å². The smallest absolute Gasteiger partial charge is 0.305 e. The highest BCUT2D eigenvalue weighted by molar-refractivity contribution is 5.88. The van der Waals surface area contributed by atoms with Crippen molar-refractivity contribution in [3.8, 4) is 5.75 Å². The Hall–Kier alpha value is -2.37. The zero-order valence-corrected chi connectivity index (χ0v) is 21.1. The van der Waals surface area contributed by atoms with E-state index < -0.39 is 0 Å². The molecule has 1 atom stereocenters. The third-order valence-electron chi connectivity index (χ3n) is 6.75. The Bertz CT molecular complexity index is 906. The molecule has 3 rings (SSSR count). The third-order valence-corrected chi connectivity index (χ3v) is 6.75. The summed E-state index contributed by atoms with van der Waals surface area (Å²) in [7, 11) is 1.45. The fourth-order valence-electron chi connectivity index (χ4n) is 4.64. The van der Waals surface area contributed by atoms with Crippen LogP contribution in [0.3, 0.4) is 0 Å². The van der Waals surface area contributed by atoms with E-state index in [1.165, 1.54) is 56.8 Å². The predicted molar refractivity (Wildman–Crippen MR) is 140 cm³/mol. The molecule has 0 saturated carbocycles. The molecular formula is C29H42N2O3. The number of likely N-dealkylation sites (tertiary alicyclic amines) is 1. The molecule has 1 fully saturated rings. The SMILES string of the molecule is COC(=O)CCCC/C=C(/CNCCCN1CCCCC1C)COc1cccc2ccccc12. The van der Waals surface area contributed by atoms with Crippen molar-refractivity contribution in [1.29, 1.82) is 0 Å². The Balaban J connectivity index is 1.48. The molecule has 1 unspecified atom stereocenters. The van der Waals surface area contributed by atoms with Crippen LogP contribution in [0.15, 0.2) is 54.1 Å². The second-order valence-corrected chi connectivity index (χ2v) is 9.36. The van der Waals surface area contributed by atoms with Crippen molar-refractivity contribution in [3.63, 3.8) is 0 Å². The fraction of sp³-hybridized carbons (Fsp3) is 0.552.